The molecule has 14 heavy (non-hydrogen) atoms. The Balaban J connectivity index is 3.01. The minimum absolute atomic E-state index is 0.0416. The second-order valence-corrected chi connectivity index (χ2v) is 2.88. The Hall–Kier alpha value is -1.62. The Kier molecular flexibility index (Phi) is 3.03. The maximum Gasteiger partial charge on any atom is 0.354 e. The first-order valence-corrected chi connectivity index (χ1v) is 4.06. The largest absolute Gasteiger partial charge is 0.477 e. The van der Waals surface area contributed by atoms with E-state index >= 15 is 0 Å². The summed E-state index contributed by atoms with van der Waals surface area (Å²) in [4.78, 5) is 24.7. The highest BCUT2D eigenvalue weighted by Gasteiger charge is 2.09. The summed E-state index contributed by atoms with van der Waals surface area (Å²) in [6, 6.07) is 2.65. The van der Waals surface area contributed by atoms with Gasteiger partial charge in [-0.25, -0.2) is 9.78 Å². The van der Waals surface area contributed by atoms with E-state index in [1.807, 2.05) is 0 Å². The second kappa shape index (κ2) is 4.06. The number of nitrogens with zero attached hydrogens (tertiary/aromatic N) is 1. The number of nitrogens with one attached hydrogen (secondary N) is 1. The molecule has 6 heteroatoms. The minimum atomic E-state index is -1.17. The molecule has 0 atom stereocenters. The van der Waals surface area contributed by atoms with E-state index in [1.165, 1.54) is 19.1 Å². The summed E-state index contributed by atoms with van der Waals surface area (Å²) < 4.78 is 0. The summed E-state index contributed by atoms with van der Waals surface area (Å²) in [7, 11) is 0. The Morgan fingerprint density at radius 3 is 2.57 bits per heavy atom. The van der Waals surface area contributed by atoms with Gasteiger partial charge in [0.25, 0.3) is 0 Å². The quantitative estimate of drug-likeness (QED) is 0.730. The van der Waals surface area contributed by atoms with Crippen molar-refractivity contribution >= 4 is 29.2 Å². The topological polar surface area (TPSA) is 79.3 Å². The van der Waals surface area contributed by atoms with E-state index in [2.05, 4.69) is 10.3 Å². The Morgan fingerprint density at radius 1 is 1.50 bits per heavy atom. The van der Waals surface area contributed by atoms with E-state index in [0.717, 1.165) is 0 Å². The third kappa shape index (κ3) is 2.43. The molecule has 1 heterocycles. The van der Waals surface area contributed by atoms with Crippen molar-refractivity contribution in [2.45, 2.75) is 6.92 Å². The van der Waals surface area contributed by atoms with Gasteiger partial charge in [0.05, 0.1) is 5.69 Å². The van der Waals surface area contributed by atoms with E-state index in [4.69, 9.17) is 16.7 Å². The van der Waals surface area contributed by atoms with Crippen molar-refractivity contribution in [3.63, 3.8) is 0 Å². The van der Waals surface area contributed by atoms with E-state index < -0.39 is 5.97 Å². The average Bonchev–Trinajstić information content (AvgIpc) is 2.07. The fourth-order valence-corrected chi connectivity index (χ4v) is 1.04. The van der Waals surface area contributed by atoms with Crippen molar-refractivity contribution < 1.29 is 14.7 Å². The molecule has 0 fully saturated rings. The molecule has 0 bridgehead atoms. The molecule has 1 aromatic rings. The van der Waals surface area contributed by atoms with Crippen molar-refractivity contribution in [2.75, 3.05) is 5.32 Å². The van der Waals surface area contributed by atoms with Gasteiger partial charge in [0.2, 0.25) is 5.91 Å². The van der Waals surface area contributed by atoms with Crippen LogP contribution in [0.5, 0.6) is 0 Å². The van der Waals surface area contributed by atoms with Crippen LogP contribution in [0, 0.1) is 0 Å². The summed E-state index contributed by atoms with van der Waals surface area (Å²) in [6.45, 7) is 1.32. The molecule has 0 aliphatic heterocycles. The summed E-state index contributed by atoms with van der Waals surface area (Å²) in [5.74, 6) is -1.46. The first kappa shape index (κ1) is 10.5. The maximum absolute atomic E-state index is 10.7. The Bertz CT molecular complexity index is 392. The van der Waals surface area contributed by atoms with Gasteiger partial charge in [0.15, 0.2) is 5.15 Å². The SMILES string of the molecule is CC(=O)Nc1ccc(C(=O)O)nc1Cl. The van der Waals surface area contributed by atoms with Gasteiger partial charge in [-0.15, -0.1) is 0 Å². The molecule has 74 valence electrons. The normalized spacial score (nSPS) is 9.57. The van der Waals surface area contributed by atoms with E-state index in [9.17, 15) is 9.59 Å². The molecular formula is C8H7ClN2O3. The van der Waals surface area contributed by atoms with E-state index in [1.54, 1.807) is 0 Å². The monoisotopic (exact) mass is 214 g/mol. The van der Waals surface area contributed by atoms with Crippen LogP contribution in [0.15, 0.2) is 12.1 Å². The molecule has 0 saturated carbocycles. The Labute approximate surface area is 84.7 Å². The lowest BCUT2D eigenvalue weighted by Gasteiger charge is -2.03. The molecule has 0 spiro atoms. The lowest BCUT2D eigenvalue weighted by molar-refractivity contribution is -0.114. The number of halogens is 1. The van der Waals surface area contributed by atoms with Crippen LogP contribution in [-0.2, 0) is 4.79 Å². The van der Waals surface area contributed by atoms with E-state index in [-0.39, 0.29) is 16.8 Å². The van der Waals surface area contributed by atoms with Crippen molar-refractivity contribution in [3.05, 3.63) is 23.0 Å². The number of carboxylic acids is 1. The van der Waals surface area contributed by atoms with Crippen molar-refractivity contribution in [2.24, 2.45) is 0 Å². The lowest BCUT2D eigenvalue weighted by atomic mass is 10.3. The number of hydrogen-bond acceptors (Lipinski definition) is 3. The number of aromatic carboxylic acids is 1. The predicted molar refractivity (Wildman–Crippen MR) is 50.5 cm³/mol. The number of hydrogen-bond donors (Lipinski definition) is 2. The lowest BCUT2D eigenvalue weighted by Crippen LogP contribution is -2.08. The molecule has 1 rings (SSSR count). The molecule has 0 aliphatic carbocycles. The highest BCUT2D eigenvalue weighted by Crippen LogP contribution is 2.19. The van der Waals surface area contributed by atoms with Crippen LogP contribution < -0.4 is 5.32 Å². The van der Waals surface area contributed by atoms with Crippen LogP contribution in [-0.4, -0.2) is 22.0 Å². The van der Waals surface area contributed by atoms with Crippen LogP contribution in [0.25, 0.3) is 0 Å². The zero-order valence-electron chi connectivity index (χ0n) is 7.24. The highest BCUT2D eigenvalue weighted by atomic mass is 35.5. The van der Waals surface area contributed by atoms with Gasteiger partial charge in [-0.1, -0.05) is 11.6 Å². The van der Waals surface area contributed by atoms with Crippen LogP contribution in [0.4, 0.5) is 5.69 Å². The zero-order valence-corrected chi connectivity index (χ0v) is 8.00. The molecule has 2 N–H and O–H groups in total. The van der Waals surface area contributed by atoms with Gasteiger partial charge >= 0.3 is 5.97 Å². The number of amides is 1. The molecule has 0 aromatic carbocycles. The highest BCUT2D eigenvalue weighted by molar-refractivity contribution is 6.32. The summed E-state index contributed by atoms with van der Waals surface area (Å²) in [5.41, 5.74) is 0.133. The van der Waals surface area contributed by atoms with Crippen molar-refractivity contribution in [3.8, 4) is 0 Å². The first-order chi connectivity index (χ1) is 6.50. The van der Waals surface area contributed by atoms with Gasteiger partial charge in [-0.05, 0) is 12.1 Å². The summed E-state index contributed by atoms with van der Waals surface area (Å²) in [6.07, 6.45) is 0. The number of aromatic nitrogens is 1. The molecule has 1 aromatic heterocycles. The zero-order chi connectivity index (χ0) is 10.7. The molecule has 0 radical (unpaired) electrons. The summed E-state index contributed by atoms with van der Waals surface area (Å²) >= 11 is 5.63. The third-order valence-electron chi connectivity index (χ3n) is 1.38. The Morgan fingerprint density at radius 2 is 2.14 bits per heavy atom. The van der Waals surface area contributed by atoms with Gasteiger partial charge in [-0.3, -0.25) is 4.79 Å². The molecule has 0 saturated heterocycles. The predicted octanol–water partition coefficient (Wildman–Crippen LogP) is 1.39. The number of carbonyl (C=O) groups excluding carboxylic acids is 1. The van der Waals surface area contributed by atoms with Crippen molar-refractivity contribution in [1.29, 1.82) is 0 Å². The van der Waals surface area contributed by atoms with E-state index in [0.29, 0.717) is 5.69 Å². The third-order valence-corrected chi connectivity index (χ3v) is 1.67. The standard InChI is InChI=1S/C8H7ClN2O3/c1-4(12)10-5-2-3-6(8(13)14)11-7(5)9/h2-3H,1H3,(H,10,12)(H,13,14). The number of carboxylic acid groups (broad SMARTS) is 1. The first-order valence-electron chi connectivity index (χ1n) is 3.68. The molecule has 5 nitrogen and oxygen atoms in total. The average molecular weight is 215 g/mol. The number of anilines is 1. The number of pyridine rings is 1. The molecule has 1 amide bonds. The second-order valence-electron chi connectivity index (χ2n) is 2.52. The maximum atomic E-state index is 10.7. The van der Waals surface area contributed by atoms with Crippen LogP contribution >= 0.6 is 11.6 Å². The van der Waals surface area contributed by atoms with Crippen LogP contribution in [0.3, 0.4) is 0 Å². The van der Waals surface area contributed by atoms with Crippen molar-refractivity contribution in [1.82, 2.24) is 4.98 Å². The smallest absolute Gasteiger partial charge is 0.354 e. The minimum Gasteiger partial charge on any atom is -0.477 e. The number of carbonyl (C=O) groups is 2. The van der Waals surface area contributed by atoms with Crippen LogP contribution in [0.2, 0.25) is 5.15 Å². The molecule has 0 unspecified atom stereocenters. The summed E-state index contributed by atoms with van der Waals surface area (Å²) in [5, 5.41) is 10.9. The van der Waals surface area contributed by atoms with Gasteiger partial charge in [0, 0.05) is 6.92 Å². The van der Waals surface area contributed by atoms with Gasteiger partial charge in [-0.2, -0.15) is 0 Å². The fourth-order valence-electron chi connectivity index (χ4n) is 0.836. The molecular weight excluding hydrogens is 208 g/mol. The van der Waals surface area contributed by atoms with Crippen LogP contribution in [0.1, 0.15) is 17.4 Å². The molecule has 0 aliphatic rings. The van der Waals surface area contributed by atoms with Gasteiger partial charge in [0.1, 0.15) is 5.69 Å². The fraction of sp³-hybridized carbons (Fsp3) is 0.125. The van der Waals surface area contributed by atoms with Gasteiger partial charge < -0.3 is 10.4 Å². The number of rotatable bonds is 2.